The predicted molar refractivity (Wildman–Crippen MR) is 90.3 cm³/mol. The molecule has 0 aliphatic carbocycles. The highest BCUT2D eigenvalue weighted by atomic mass is 16.6. The normalized spacial score (nSPS) is 23.3. The molecular weight excluding hydrogens is 304 g/mol. The number of nitrogens with zero attached hydrogens (tertiary/aromatic N) is 3. The number of nitrogen functional groups attached to an aromatic ring is 1. The van der Waals surface area contributed by atoms with E-state index in [0.717, 1.165) is 17.6 Å². The van der Waals surface area contributed by atoms with E-state index in [9.17, 15) is 0 Å². The molecule has 3 heterocycles. The standard InChI is InChI=1S/C18H20N4O2/c1-18(16-8-7-15-17(19)20-12-21-22(15)16)9-14(24-18)11-23-10-13-5-3-2-4-6-13/h2-8,12,14H,9-11H2,1H3,(H2,19,20,21). The van der Waals surface area contributed by atoms with E-state index in [2.05, 4.69) is 29.1 Å². The Bertz CT molecular complexity index is 841. The van der Waals surface area contributed by atoms with Crippen LogP contribution >= 0.6 is 0 Å². The summed E-state index contributed by atoms with van der Waals surface area (Å²) < 4.78 is 13.7. The number of anilines is 1. The SMILES string of the molecule is CC1(c2ccc3c(N)ncnn23)CC(COCc2ccccc2)O1. The lowest BCUT2D eigenvalue weighted by Crippen LogP contribution is -2.48. The number of benzene rings is 1. The Kier molecular flexibility index (Phi) is 3.70. The van der Waals surface area contributed by atoms with Crippen molar-refractivity contribution in [2.24, 2.45) is 0 Å². The molecule has 0 bridgehead atoms. The van der Waals surface area contributed by atoms with Crippen LogP contribution in [0.2, 0.25) is 0 Å². The Balaban J connectivity index is 1.37. The average molecular weight is 324 g/mol. The number of hydrogen-bond acceptors (Lipinski definition) is 5. The summed E-state index contributed by atoms with van der Waals surface area (Å²) in [4.78, 5) is 4.02. The monoisotopic (exact) mass is 324 g/mol. The molecule has 3 aromatic rings. The van der Waals surface area contributed by atoms with Crippen LogP contribution in [-0.2, 0) is 21.7 Å². The molecule has 2 atom stereocenters. The lowest BCUT2D eigenvalue weighted by Gasteiger charge is -2.45. The van der Waals surface area contributed by atoms with Gasteiger partial charge in [0.2, 0.25) is 0 Å². The maximum absolute atomic E-state index is 6.11. The van der Waals surface area contributed by atoms with Gasteiger partial charge in [0.05, 0.1) is 25.0 Å². The van der Waals surface area contributed by atoms with Crippen LogP contribution < -0.4 is 5.73 Å². The van der Waals surface area contributed by atoms with Gasteiger partial charge in [0.1, 0.15) is 17.4 Å². The van der Waals surface area contributed by atoms with Gasteiger partial charge in [0.25, 0.3) is 0 Å². The molecule has 24 heavy (non-hydrogen) atoms. The highest BCUT2D eigenvalue weighted by molar-refractivity contribution is 5.65. The van der Waals surface area contributed by atoms with E-state index in [1.807, 2.05) is 34.8 Å². The lowest BCUT2D eigenvalue weighted by atomic mass is 9.88. The number of aromatic nitrogens is 3. The van der Waals surface area contributed by atoms with Crippen LogP contribution in [-0.4, -0.2) is 27.3 Å². The fraction of sp³-hybridized carbons (Fsp3) is 0.333. The van der Waals surface area contributed by atoms with Crippen LogP contribution in [0, 0.1) is 0 Å². The van der Waals surface area contributed by atoms with E-state index >= 15 is 0 Å². The molecule has 1 fully saturated rings. The molecule has 0 radical (unpaired) electrons. The molecule has 2 aromatic heterocycles. The van der Waals surface area contributed by atoms with Crippen LogP contribution in [0.3, 0.4) is 0 Å². The molecule has 4 rings (SSSR count). The molecule has 2 unspecified atom stereocenters. The van der Waals surface area contributed by atoms with Crippen LogP contribution in [0.15, 0.2) is 48.8 Å². The van der Waals surface area contributed by atoms with Gasteiger partial charge in [-0.2, -0.15) is 5.10 Å². The van der Waals surface area contributed by atoms with E-state index in [-0.39, 0.29) is 11.7 Å². The zero-order valence-corrected chi connectivity index (χ0v) is 13.6. The molecule has 0 spiro atoms. The molecule has 1 aromatic carbocycles. The van der Waals surface area contributed by atoms with Crippen LogP contribution in [0.1, 0.15) is 24.6 Å². The van der Waals surface area contributed by atoms with Crippen molar-refractivity contribution < 1.29 is 9.47 Å². The van der Waals surface area contributed by atoms with Crippen molar-refractivity contribution in [3.05, 3.63) is 60.0 Å². The fourth-order valence-corrected chi connectivity index (χ4v) is 3.29. The van der Waals surface area contributed by atoms with Gasteiger partial charge in [0.15, 0.2) is 5.82 Å². The van der Waals surface area contributed by atoms with E-state index in [1.54, 1.807) is 0 Å². The number of nitrogens with two attached hydrogens (primary N) is 1. The Morgan fingerprint density at radius 2 is 2.08 bits per heavy atom. The van der Waals surface area contributed by atoms with E-state index in [0.29, 0.717) is 19.0 Å². The average Bonchev–Trinajstić information content (AvgIpc) is 3.00. The summed E-state index contributed by atoms with van der Waals surface area (Å²) in [7, 11) is 0. The maximum atomic E-state index is 6.11. The minimum Gasteiger partial charge on any atom is -0.382 e. The predicted octanol–water partition coefficient (Wildman–Crippen LogP) is 2.53. The van der Waals surface area contributed by atoms with Crippen molar-refractivity contribution in [1.82, 2.24) is 14.6 Å². The lowest BCUT2D eigenvalue weighted by molar-refractivity contribution is -0.223. The molecule has 6 nitrogen and oxygen atoms in total. The number of rotatable bonds is 5. The largest absolute Gasteiger partial charge is 0.382 e. The minimum atomic E-state index is -0.367. The van der Waals surface area contributed by atoms with Crippen LogP contribution in [0.25, 0.3) is 5.52 Å². The molecule has 0 amide bonds. The summed E-state index contributed by atoms with van der Waals surface area (Å²) in [6.45, 7) is 3.26. The number of fused-ring (bicyclic) bond motifs is 1. The van der Waals surface area contributed by atoms with Gasteiger partial charge < -0.3 is 15.2 Å². The zero-order chi connectivity index (χ0) is 16.6. The number of ether oxygens (including phenoxy) is 2. The molecule has 1 aliphatic heterocycles. The summed E-state index contributed by atoms with van der Waals surface area (Å²) in [5.41, 5.74) is 8.49. The second kappa shape index (κ2) is 5.89. The molecule has 124 valence electrons. The molecule has 6 heteroatoms. The zero-order valence-electron chi connectivity index (χ0n) is 13.6. The third-order valence-electron chi connectivity index (χ3n) is 4.48. The molecular formula is C18H20N4O2. The Morgan fingerprint density at radius 1 is 1.29 bits per heavy atom. The van der Waals surface area contributed by atoms with Gasteiger partial charge in [-0.25, -0.2) is 9.50 Å². The second-order valence-electron chi connectivity index (χ2n) is 6.34. The summed E-state index contributed by atoms with van der Waals surface area (Å²) in [6.07, 6.45) is 2.45. The molecule has 1 aliphatic rings. The molecule has 2 N–H and O–H groups in total. The summed E-state index contributed by atoms with van der Waals surface area (Å²) in [6, 6.07) is 14.1. The van der Waals surface area contributed by atoms with Gasteiger partial charge in [-0.3, -0.25) is 0 Å². The van der Waals surface area contributed by atoms with Crippen molar-refractivity contribution in [2.75, 3.05) is 12.3 Å². The quantitative estimate of drug-likeness (QED) is 0.780. The van der Waals surface area contributed by atoms with E-state index < -0.39 is 0 Å². The molecule has 0 saturated carbocycles. The Morgan fingerprint density at radius 3 is 2.88 bits per heavy atom. The Hall–Kier alpha value is -2.44. The second-order valence-corrected chi connectivity index (χ2v) is 6.34. The van der Waals surface area contributed by atoms with Crippen molar-refractivity contribution >= 4 is 11.3 Å². The summed E-state index contributed by atoms with van der Waals surface area (Å²) in [5, 5.41) is 4.29. The highest BCUT2D eigenvalue weighted by Gasteiger charge is 2.45. The third kappa shape index (κ3) is 2.64. The van der Waals surface area contributed by atoms with E-state index in [4.69, 9.17) is 15.2 Å². The smallest absolute Gasteiger partial charge is 0.151 e. The van der Waals surface area contributed by atoms with Gasteiger partial charge in [-0.15, -0.1) is 0 Å². The van der Waals surface area contributed by atoms with Crippen molar-refractivity contribution in [1.29, 1.82) is 0 Å². The fourth-order valence-electron chi connectivity index (χ4n) is 3.29. The third-order valence-corrected chi connectivity index (χ3v) is 4.48. The van der Waals surface area contributed by atoms with Crippen molar-refractivity contribution in [3.63, 3.8) is 0 Å². The van der Waals surface area contributed by atoms with E-state index in [1.165, 1.54) is 11.9 Å². The molecule has 1 saturated heterocycles. The minimum absolute atomic E-state index is 0.100. The maximum Gasteiger partial charge on any atom is 0.151 e. The Labute approximate surface area is 140 Å². The van der Waals surface area contributed by atoms with Crippen LogP contribution in [0.5, 0.6) is 0 Å². The number of hydrogen-bond donors (Lipinski definition) is 1. The van der Waals surface area contributed by atoms with Crippen molar-refractivity contribution in [3.8, 4) is 0 Å². The topological polar surface area (TPSA) is 74.7 Å². The highest BCUT2D eigenvalue weighted by Crippen LogP contribution is 2.42. The van der Waals surface area contributed by atoms with Crippen molar-refractivity contribution in [2.45, 2.75) is 31.7 Å². The first-order valence-corrected chi connectivity index (χ1v) is 8.04. The first-order valence-electron chi connectivity index (χ1n) is 8.04. The van der Waals surface area contributed by atoms with Crippen LogP contribution in [0.4, 0.5) is 5.82 Å². The summed E-state index contributed by atoms with van der Waals surface area (Å²) >= 11 is 0. The van der Waals surface area contributed by atoms with Gasteiger partial charge in [0, 0.05) is 6.42 Å². The van der Waals surface area contributed by atoms with Gasteiger partial charge in [-0.05, 0) is 24.6 Å². The van der Waals surface area contributed by atoms with Gasteiger partial charge in [-0.1, -0.05) is 30.3 Å². The summed E-state index contributed by atoms with van der Waals surface area (Å²) in [5.74, 6) is 0.474. The first-order chi connectivity index (χ1) is 11.7. The first kappa shape index (κ1) is 15.1. The van der Waals surface area contributed by atoms with Gasteiger partial charge >= 0.3 is 0 Å².